The molecule has 0 aliphatic heterocycles. The minimum atomic E-state index is 0.298. The lowest BCUT2D eigenvalue weighted by Gasteiger charge is -2.10. The SMILES string of the molecule is CSc1ccc(COCc2cc(C#N)c3ccccc3c2C#N)cc1. The maximum atomic E-state index is 9.56. The molecule has 4 heteroatoms. The van der Waals surface area contributed by atoms with Gasteiger partial charge < -0.3 is 4.74 Å². The molecular formula is C21H16N2OS. The van der Waals surface area contributed by atoms with Crippen LogP contribution < -0.4 is 0 Å². The molecule has 0 saturated carbocycles. The zero-order valence-electron chi connectivity index (χ0n) is 13.8. The van der Waals surface area contributed by atoms with Gasteiger partial charge in [-0.1, -0.05) is 36.4 Å². The van der Waals surface area contributed by atoms with Gasteiger partial charge in [-0.15, -0.1) is 11.8 Å². The van der Waals surface area contributed by atoms with E-state index in [2.05, 4.69) is 24.3 Å². The summed E-state index contributed by atoms with van der Waals surface area (Å²) in [6.07, 6.45) is 2.04. The van der Waals surface area contributed by atoms with Gasteiger partial charge in [0.15, 0.2) is 0 Å². The van der Waals surface area contributed by atoms with E-state index >= 15 is 0 Å². The summed E-state index contributed by atoms with van der Waals surface area (Å²) < 4.78 is 5.80. The molecule has 25 heavy (non-hydrogen) atoms. The Kier molecular flexibility index (Phi) is 5.36. The van der Waals surface area contributed by atoms with Crippen molar-refractivity contribution in [3.63, 3.8) is 0 Å². The molecule has 3 rings (SSSR count). The maximum Gasteiger partial charge on any atom is 0.100 e. The van der Waals surface area contributed by atoms with Crippen LogP contribution in [0.25, 0.3) is 10.8 Å². The molecule has 0 aliphatic rings. The normalized spacial score (nSPS) is 10.4. The van der Waals surface area contributed by atoms with Crippen molar-refractivity contribution in [2.75, 3.05) is 6.26 Å². The third kappa shape index (κ3) is 3.67. The van der Waals surface area contributed by atoms with Crippen molar-refractivity contribution in [3.8, 4) is 12.1 Å². The van der Waals surface area contributed by atoms with Crippen molar-refractivity contribution in [3.05, 3.63) is 76.9 Å². The molecular weight excluding hydrogens is 328 g/mol. The van der Waals surface area contributed by atoms with Crippen LogP contribution in [0.15, 0.2) is 59.5 Å². The summed E-state index contributed by atoms with van der Waals surface area (Å²) in [5.41, 5.74) is 2.97. The Morgan fingerprint density at radius 2 is 1.64 bits per heavy atom. The van der Waals surface area contributed by atoms with E-state index < -0.39 is 0 Å². The Hall–Kier alpha value is -2.79. The maximum absolute atomic E-state index is 9.56. The van der Waals surface area contributed by atoms with Crippen molar-refractivity contribution in [2.24, 2.45) is 0 Å². The van der Waals surface area contributed by atoms with Crippen molar-refractivity contribution in [1.82, 2.24) is 0 Å². The highest BCUT2D eigenvalue weighted by Crippen LogP contribution is 2.26. The van der Waals surface area contributed by atoms with Crippen LogP contribution in [-0.2, 0) is 18.0 Å². The van der Waals surface area contributed by atoms with E-state index in [-0.39, 0.29) is 0 Å². The second kappa shape index (κ2) is 7.85. The first kappa shape index (κ1) is 17.0. The number of thioether (sulfide) groups is 1. The summed E-state index contributed by atoms with van der Waals surface area (Å²) in [4.78, 5) is 1.21. The monoisotopic (exact) mass is 344 g/mol. The fourth-order valence-electron chi connectivity index (χ4n) is 2.77. The van der Waals surface area contributed by atoms with Crippen molar-refractivity contribution in [2.45, 2.75) is 18.1 Å². The van der Waals surface area contributed by atoms with Gasteiger partial charge in [0.25, 0.3) is 0 Å². The third-order valence-corrected chi connectivity index (χ3v) is 4.79. The Morgan fingerprint density at radius 1 is 0.920 bits per heavy atom. The second-order valence-electron chi connectivity index (χ2n) is 5.57. The second-order valence-corrected chi connectivity index (χ2v) is 6.45. The van der Waals surface area contributed by atoms with E-state index in [0.717, 1.165) is 21.9 Å². The Labute approximate surface area is 151 Å². The standard InChI is InChI=1S/C21H16N2OS/c1-25-18-8-6-15(7-9-18)13-24-14-17-10-16(11-22)19-4-2-3-5-20(19)21(17)12-23/h2-10H,13-14H2,1H3. The lowest BCUT2D eigenvalue weighted by molar-refractivity contribution is 0.107. The summed E-state index contributed by atoms with van der Waals surface area (Å²) >= 11 is 1.70. The molecule has 3 aromatic carbocycles. The zero-order valence-corrected chi connectivity index (χ0v) is 14.6. The lowest BCUT2D eigenvalue weighted by Crippen LogP contribution is -1.99. The zero-order chi connectivity index (χ0) is 17.6. The van der Waals surface area contributed by atoms with E-state index in [1.807, 2.05) is 42.7 Å². The number of hydrogen-bond donors (Lipinski definition) is 0. The van der Waals surface area contributed by atoms with Crippen LogP contribution in [0.1, 0.15) is 22.3 Å². The van der Waals surface area contributed by atoms with Gasteiger partial charge in [0.05, 0.1) is 30.4 Å². The predicted octanol–water partition coefficient (Wildman–Crippen LogP) is 5.02. The highest BCUT2D eigenvalue weighted by molar-refractivity contribution is 7.98. The van der Waals surface area contributed by atoms with Crippen LogP contribution in [0.4, 0.5) is 0 Å². The van der Waals surface area contributed by atoms with Crippen molar-refractivity contribution < 1.29 is 4.74 Å². The molecule has 0 heterocycles. The van der Waals surface area contributed by atoms with Gasteiger partial charge in [0.1, 0.15) is 6.07 Å². The molecule has 0 spiro atoms. The summed E-state index contributed by atoms with van der Waals surface area (Å²) in [7, 11) is 0. The van der Waals surface area contributed by atoms with Crippen molar-refractivity contribution >= 4 is 22.5 Å². The Morgan fingerprint density at radius 3 is 2.28 bits per heavy atom. The van der Waals surface area contributed by atoms with Gasteiger partial charge in [-0.05, 0) is 35.6 Å². The van der Waals surface area contributed by atoms with Crippen LogP contribution in [0.5, 0.6) is 0 Å². The van der Waals surface area contributed by atoms with Gasteiger partial charge in [0, 0.05) is 15.7 Å². The first-order chi connectivity index (χ1) is 12.3. The Bertz CT molecular complexity index is 982. The van der Waals surface area contributed by atoms with Gasteiger partial charge in [-0.25, -0.2) is 0 Å². The van der Waals surface area contributed by atoms with Crippen LogP contribution in [0.3, 0.4) is 0 Å². The van der Waals surface area contributed by atoms with E-state index in [1.165, 1.54) is 4.90 Å². The molecule has 0 fully saturated rings. The largest absolute Gasteiger partial charge is 0.372 e. The molecule has 0 amide bonds. The van der Waals surface area contributed by atoms with Crippen LogP contribution in [-0.4, -0.2) is 6.26 Å². The number of hydrogen-bond acceptors (Lipinski definition) is 4. The summed E-state index contributed by atoms with van der Waals surface area (Å²) in [5.74, 6) is 0. The average molecular weight is 344 g/mol. The quantitative estimate of drug-likeness (QED) is 0.610. The number of benzene rings is 3. The molecule has 0 saturated heterocycles. The van der Waals surface area contributed by atoms with Crippen LogP contribution >= 0.6 is 11.8 Å². The average Bonchev–Trinajstić information content (AvgIpc) is 2.67. The number of fused-ring (bicyclic) bond motifs is 1. The third-order valence-electron chi connectivity index (χ3n) is 4.04. The van der Waals surface area contributed by atoms with Crippen LogP contribution in [0.2, 0.25) is 0 Å². The number of rotatable bonds is 5. The first-order valence-electron chi connectivity index (χ1n) is 7.82. The molecule has 3 nitrogen and oxygen atoms in total. The first-order valence-corrected chi connectivity index (χ1v) is 9.04. The van der Waals surface area contributed by atoms with Crippen LogP contribution in [0, 0.1) is 22.7 Å². The molecule has 122 valence electrons. The van der Waals surface area contributed by atoms with Gasteiger partial charge in [-0.3, -0.25) is 0 Å². The van der Waals surface area contributed by atoms with E-state index in [1.54, 1.807) is 17.8 Å². The minimum absolute atomic E-state index is 0.298. The molecule has 0 aliphatic carbocycles. The fourth-order valence-corrected chi connectivity index (χ4v) is 3.18. The summed E-state index contributed by atoms with van der Waals surface area (Å²) in [5, 5.41) is 20.6. The highest BCUT2D eigenvalue weighted by atomic mass is 32.2. The molecule has 3 aromatic rings. The van der Waals surface area contributed by atoms with E-state index in [0.29, 0.717) is 24.3 Å². The van der Waals surface area contributed by atoms with Gasteiger partial charge in [0.2, 0.25) is 0 Å². The van der Waals surface area contributed by atoms with Gasteiger partial charge >= 0.3 is 0 Å². The van der Waals surface area contributed by atoms with Gasteiger partial charge in [-0.2, -0.15) is 10.5 Å². The highest BCUT2D eigenvalue weighted by Gasteiger charge is 2.12. The number of nitriles is 2. The topological polar surface area (TPSA) is 56.8 Å². The number of nitrogens with zero attached hydrogens (tertiary/aromatic N) is 2. The Balaban J connectivity index is 1.83. The number of ether oxygens (including phenoxy) is 1. The molecule has 0 bridgehead atoms. The fraction of sp³-hybridized carbons (Fsp3) is 0.143. The van der Waals surface area contributed by atoms with E-state index in [9.17, 15) is 10.5 Å². The smallest absolute Gasteiger partial charge is 0.100 e. The lowest BCUT2D eigenvalue weighted by atomic mass is 9.96. The van der Waals surface area contributed by atoms with Crippen molar-refractivity contribution in [1.29, 1.82) is 10.5 Å². The molecule has 0 atom stereocenters. The molecule has 0 unspecified atom stereocenters. The van der Waals surface area contributed by atoms with E-state index in [4.69, 9.17) is 4.74 Å². The minimum Gasteiger partial charge on any atom is -0.372 e. The molecule has 0 N–H and O–H groups in total. The molecule has 0 aromatic heterocycles. The predicted molar refractivity (Wildman–Crippen MR) is 100 cm³/mol. The summed E-state index contributed by atoms with van der Waals surface area (Å²) in [6, 6.07) is 21.9. The summed E-state index contributed by atoms with van der Waals surface area (Å²) in [6.45, 7) is 0.765. The molecule has 0 radical (unpaired) electrons.